The molecule has 1 amide bonds. The van der Waals surface area contributed by atoms with Crippen LogP contribution in [0.3, 0.4) is 0 Å². The first-order chi connectivity index (χ1) is 13.6. The maximum absolute atomic E-state index is 13.3. The van der Waals surface area contributed by atoms with Gasteiger partial charge in [0.05, 0.1) is 23.3 Å². The van der Waals surface area contributed by atoms with Gasteiger partial charge in [0.15, 0.2) is 5.69 Å². The van der Waals surface area contributed by atoms with Gasteiger partial charge in [-0.25, -0.2) is 4.79 Å². The van der Waals surface area contributed by atoms with Crippen LogP contribution < -0.4 is 10.9 Å². The van der Waals surface area contributed by atoms with E-state index >= 15 is 0 Å². The van der Waals surface area contributed by atoms with Crippen LogP contribution in [0.25, 0.3) is 11.3 Å². The predicted octanol–water partition coefficient (Wildman–Crippen LogP) is 3.43. The van der Waals surface area contributed by atoms with E-state index in [4.69, 9.17) is 10.00 Å². The fraction of sp³-hybridized carbons (Fsp3) is 0.474. The number of carbonyl (C=O) groups excluding carboxylic acids is 1. The second kappa shape index (κ2) is 7.85. The largest absolute Gasteiger partial charge is 0.444 e. The Morgan fingerprint density at radius 2 is 1.90 bits per heavy atom. The number of carbonyl (C=O) groups is 1. The minimum Gasteiger partial charge on any atom is -0.444 e. The third-order valence-electron chi connectivity index (χ3n) is 3.76. The number of ether oxygens (including phenoxy) is 1. The van der Waals surface area contributed by atoms with E-state index in [1.54, 1.807) is 40.7 Å². The van der Waals surface area contributed by atoms with Crippen molar-refractivity contribution in [1.29, 1.82) is 5.26 Å². The van der Waals surface area contributed by atoms with Crippen LogP contribution in [0.4, 0.5) is 18.0 Å². The quantitative estimate of drug-likeness (QED) is 0.779. The molecule has 0 fully saturated rings. The van der Waals surface area contributed by atoms with Crippen LogP contribution in [0.15, 0.2) is 23.0 Å². The number of pyridine rings is 1. The molecule has 0 saturated carbocycles. The molecule has 0 aliphatic heterocycles. The van der Waals surface area contributed by atoms with E-state index < -0.39 is 34.7 Å². The number of amides is 1. The summed E-state index contributed by atoms with van der Waals surface area (Å²) < 4.78 is 45.9. The van der Waals surface area contributed by atoms with Crippen molar-refractivity contribution in [2.75, 3.05) is 0 Å². The zero-order valence-electron chi connectivity index (χ0n) is 17.1. The molecule has 2 aromatic rings. The molecule has 0 aliphatic carbocycles. The molecular weight excluding hydrogens is 403 g/mol. The van der Waals surface area contributed by atoms with Gasteiger partial charge in [-0.2, -0.15) is 23.5 Å². The average molecular weight is 425 g/mol. The van der Waals surface area contributed by atoms with Gasteiger partial charge in [0.25, 0.3) is 5.56 Å². The molecule has 30 heavy (non-hydrogen) atoms. The number of aromatic nitrogens is 3. The van der Waals surface area contributed by atoms with Crippen molar-refractivity contribution in [2.24, 2.45) is 0 Å². The van der Waals surface area contributed by atoms with Gasteiger partial charge < -0.3 is 15.0 Å². The van der Waals surface area contributed by atoms with Gasteiger partial charge in [-0.1, -0.05) is 0 Å². The molecule has 2 heterocycles. The molecule has 162 valence electrons. The fourth-order valence-corrected chi connectivity index (χ4v) is 2.63. The summed E-state index contributed by atoms with van der Waals surface area (Å²) in [5.41, 5.74) is -3.96. The zero-order valence-corrected chi connectivity index (χ0v) is 17.1. The van der Waals surface area contributed by atoms with Crippen LogP contribution >= 0.6 is 0 Å². The van der Waals surface area contributed by atoms with Crippen LogP contribution in [0.1, 0.15) is 46.0 Å². The summed E-state index contributed by atoms with van der Waals surface area (Å²) in [6.45, 7) is 8.02. The topological polar surface area (TPSA) is 113 Å². The Balaban J connectivity index is 2.44. The Labute approximate surface area is 170 Å². The van der Waals surface area contributed by atoms with Gasteiger partial charge in [-0.3, -0.25) is 9.48 Å². The lowest BCUT2D eigenvalue weighted by Crippen LogP contribution is -2.48. The Morgan fingerprint density at radius 3 is 2.40 bits per heavy atom. The monoisotopic (exact) mass is 425 g/mol. The smallest absolute Gasteiger partial charge is 0.435 e. The van der Waals surface area contributed by atoms with E-state index in [-0.39, 0.29) is 23.5 Å². The number of nitrogens with zero attached hydrogens (tertiary/aromatic N) is 3. The number of hydrogen-bond donors (Lipinski definition) is 2. The van der Waals surface area contributed by atoms with Gasteiger partial charge in [-0.05, 0) is 52.8 Å². The minimum atomic E-state index is -4.73. The summed E-state index contributed by atoms with van der Waals surface area (Å²) in [5, 5.41) is 15.0. The van der Waals surface area contributed by atoms with E-state index in [1.807, 2.05) is 0 Å². The first-order valence-corrected chi connectivity index (χ1v) is 8.91. The molecule has 2 rings (SSSR count). The maximum Gasteiger partial charge on any atom is 0.435 e. The van der Waals surface area contributed by atoms with E-state index in [2.05, 4.69) is 15.4 Å². The fourth-order valence-electron chi connectivity index (χ4n) is 2.63. The Morgan fingerprint density at radius 1 is 1.27 bits per heavy atom. The molecular formula is C19H22F3N5O3. The number of aromatic amines is 1. The zero-order chi connectivity index (χ0) is 22.9. The predicted molar refractivity (Wildman–Crippen MR) is 101 cm³/mol. The number of alkyl halides is 3. The number of hydrogen-bond acceptors (Lipinski definition) is 5. The highest BCUT2D eigenvalue weighted by Gasteiger charge is 2.36. The molecule has 0 atom stereocenters. The lowest BCUT2D eigenvalue weighted by Gasteiger charge is -2.29. The molecule has 11 heteroatoms. The van der Waals surface area contributed by atoms with Crippen molar-refractivity contribution in [3.05, 3.63) is 39.9 Å². The molecule has 2 N–H and O–H groups in total. The highest BCUT2D eigenvalue weighted by Crippen LogP contribution is 2.31. The van der Waals surface area contributed by atoms with Crippen LogP contribution in [0.5, 0.6) is 0 Å². The van der Waals surface area contributed by atoms with Crippen LogP contribution in [-0.2, 0) is 17.5 Å². The number of nitriles is 1. The van der Waals surface area contributed by atoms with E-state index in [0.29, 0.717) is 0 Å². The van der Waals surface area contributed by atoms with E-state index in [9.17, 15) is 22.8 Å². The molecule has 0 bridgehead atoms. The molecule has 0 radical (unpaired) electrons. The van der Waals surface area contributed by atoms with Gasteiger partial charge in [0.1, 0.15) is 17.4 Å². The lowest BCUT2D eigenvalue weighted by atomic mass is 10.1. The Kier molecular flexibility index (Phi) is 6.02. The summed E-state index contributed by atoms with van der Waals surface area (Å²) >= 11 is 0. The second-order valence-electron chi connectivity index (χ2n) is 8.31. The van der Waals surface area contributed by atoms with Crippen LogP contribution in [-0.4, -0.2) is 32.0 Å². The van der Waals surface area contributed by atoms with Gasteiger partial charge in [0, 0.05) is 0 Å². The normalized spacial score (nSPS) is 12.4. The summed E-state index contributed by atoms with van der Waals surface area (Å²) in [6, 6.07) is 5.03. The summed E-state index contributed by atoms with van der Waals surface area (Å²) in [7, 11) is 0. The molecule has 0 aliphatic rings. The highest BCUT2D eigenvalue weighted by molar-refractivity contribution is 5.68. The molecule has 8 nitrogen and oxygen atoms in total. The van der Waals surface area contributed by atoms with Gasteiger partial charge in [0.2, 0.25) is 0 Å². The molecule has 0 unspecified atom stereocenters. The van der Waals surface area contributed by atoms with Crippen molar-refractivity contribution in [3.63, 3.8) is 0 Å². The molecule has 0 saturated heterocycles. The number of H-pyrrole nitrogens is 1. The molecule has 2 aromatic heterocycles. The standard InChI is InChI=1S/C19H22F3N5O3/c1-17(2,3)30-16(29)25-18(4,5)10-27-13(8-14(26-27)19(20,21)22)12-7-6-11(9-23)24-15(12)28/h6-8H,10H2,1-5H3,(H,24,28)(H,25,29). The minimum absolute atomic E-state index is 0.0298. The number of halogens is 3. The highest BCUT2D eigenvalue weighted by atomic mass is 19.4. The van der Waals surface area contributed by atoms with Crippen molar-refractivity contribution >= 4 is 6.09 Å². The summed E-state index contributed by atoms with van der Waals surface area (Å²) in [6.07, 6.45) is -5.48. The molecule has 0 aromatic carbocycles. The summed E-state index contributed by atoms with van der Waals surface area (Å²) in [4.78, 5) is 26.7. The van der Waals surface area contributed by atoms with Crippen molar-refractivity contribution < 1.29 is 22.7 Å². The third kappa shape index (κ3) is 5.85. The summed E-state index contributed by atoms with van der Waals surface area (Å²) in [5.74, 6) is 0. The number of rotatable bonds is 4. The van der Waals surface area contributed by atoms with Crippen molar-refractivity contribution in [1.82, 2.24) is 20.1 Å². The maximum atomic E-state index is 13.3. The Bertz CT molecular complexity index is 1040. The second-order valence-corrected chi connectivity index (χ2v) is 8.31. The first-order valence-electron chi connectivity index (χ1n) is 8.91. The van der Waals surface area contributed by atoms with E-state index in [1.165, 1.54) is 12.1 Å². The van der Waals surface area contributed by atoms with Crippen molar-refractivity contribution in [2.45, 2.75) is 58.5 Å². The first kappa shape index (κ1) is 23.0. The molecule has 0 spiro atoms. The third-order valence-corrected chi connectivity index (χ3v) is 3.76. The van der Waals surface area contributed by atoms with Gasteiger partial charge >= 0.3 is 12.3 Å². The van der Waals surface area contributed by atoms with Crippen molar-refractivity contribution in [3.8, 4) is 17.3 Å². The van der Waals surface area contributed by atoms with E-state index in [0.717, 1.165) is 10.7 Å². The van der Waals surface area contributed by atoms with Crippen LogP contribution in [0.2, 0.25) is 0 Å². The number of nitrogens with one attached hydrogen (secondary N) is 2. The lowest BCUT2D eigenvalue weighted by molar-refractivity contribution is -0.141. The SMILES string of the molecule is CC(C)(Cn1nc(C(F)(F)F)cc1-c1ccc(C#N)[nH]c1=O)NC(=O)OC(C)(C)C. The van der Waals surface area contributed by atoms with Crippen LogP contribution in [0, 0.1) is 11.3 Å². The van der Waals surface area contributed by atoms with Gasteiger partial charge in [-0.15, -0.1) is 0 Å². The number of alkyl carbamates (subject to hydrolysis) is 1. The Hall–Kier alpha value is -3.29. The average Bonchev–Trinajstić information content (AvgIpc) is 2.95.